The quantitative estimate of drug-likeness (QED) is 0.773. The average Bonchev–Trinajstić information content (AvgIpc) is 2.38. The highest BCUT2D eigenvalue weighted by Gasteiger charge is 2.20. The van der Waals surface area contributed by atoms with Gasteiger partial charge in [-0.25, -0.2) is 13.9 Å². The largest absolute Gasteiger partial charge is 0.288 e. The Morgan fingerprint density at radius 1 is 1.22 bits per heavy atom. The molecule has 1 N–H and O–H groups in total. The van der Waals surface area contributed by atoms with E-state index >= 15 is 0 Å². The lowest BCUT2D eigenvalue weighted by Crippen LogP contribution is -2.26. The summed E-state index contributed by atoms with van der Waals surface area (Å²) >= 11 is 0. The van der Waals surface area contributed by atoms with E-state index in [1.54, 1.807) is 0 Å². The van der Waals surface area contributed by atoms with E-state index in [-0.39, 0.29) is 10.5 Å². The zero-order valence-corrected chi connectivity index (χ0v) is 11.0. The van der Waals surface area contributed by atoms with Crippen LogP contribution in [-0.4, -0.2) is 40.1 Å². The number of sulfonamides is 1. The van der Waals surface area contributed by atoms with Gasteiger partial charge in [-0.15, -0.1) is 0 Å². The second-order valence-corrected chi connectivity index (χ2v) is 5.19. The van der Waals surface area contributed by atoms with Crippen molar-refractivity contribution < 1.29 is 22.9 Å². The summed E-state index contributed by atoms with van der Waals surface area (Å²) in [6.45, 7) is 0. The molecule has 0 aliphatic carbocycles. The number of hydrogen-bond donors (Lipinski definition) is 1. The summed E-state index contributed by atoms with van der Waals surface area (Å²) < 4.78 is 24.4. The van der Waals surface area contributed by atoms with Gasteiger partial charge in [0, 0.05) is 12.6 Å². The summed E-state index contributed by atoms with van der Waals surface area (Å²) in [6, 6.07) is 5.39. The highest BCUT2D eigenvalue weighted by atomic mass is 32.2. The number of hydroxylamine groups is 2. The van der Waals surface area contributed by atoms with Gasteiger partial charge in [0.2, 0.25) is 0 Å². The molecule has 1 aromatic carbocycles. The molecular formula is C10H14N2O5S. The van der Waals surface area contributed by atoms with Crippen LogP contribution in [0.15, 0.2) is 29.2 Å². The van der Waals surface area contributed by atoms with E-state index in [1.165, 1.54) is 45.5 Å². The Hall–Kier alpha value is -1.48. The van der Waals surface area contributed by atoms with E-state index in [4.69, 9.17) is 0 Å². The van der Waals surface area contributed by atoms with Gasteiger partial charge < -0.3 is 0 Å². The Balaban J connectivity index is 3.00. The lowest BCUT2D eigenvalue weighted by molar-refractivity contribution is -0.0258. The number of hydrogen-bond acceptors (Lipinski definition) is 5. The molecule has 0 spiro atoms. The minimum atomic E-state index is -3.70. The molecule has 0 aromatic heterocycles. The van der Waals surface area contributed by atoms with Gasteiger partial charge in [0.1, 0.15) is 0 Å². The molecule has 8 heteroatoms. The maximum Gasteiger partial charge on any atom is 0.274 e. The van der Waals surface area contributed by atoms with Gasteiger partial charge in [-0.1, -0.05) is 4.47 Å². The van der Waals surface area contributed by atoms with Crippen LogP contribution in [0.5, 0.6) is 0 Å². The van der Waals surface area contributed by atoms with Crippen molar-refractivity contribution in [3.05, 3.63) is 29.8 Å². The van der Waals surface area contributed by atoms with Crippen molar-refractivity contribution in [3.8, 4) is 0 Å². The first-order valence-electron chi connectivity index (χ1n) is 4.90. The number of nitrogens with one attached hydrogen (secondary N) is 1. The molecule has 0 atom stereocenters. The van der Waals surface area contributed by atoms with Crippen molar-refractivity contribution in [2.45, 2.75) is 4.90 Å². The van der Waals surface area contributed by atoms with Gasteiger partial charge in [-0.2, -0.15) is 0 Å². The van der Waals surface area contributed by atoms with Crippen molar-refractivity contribution >= 4 is 15.9 Å². The van der Waals surface area contributed by atoms with Gasteiger partial charge in [-0.3, -0.25) is 14.5 Å². The summed E-state index contributed by atoms with van der Waals surface area (Å²) in [5, 5.41) is 0. The number of amides is 1. The molecular weight excluding hydrogens is 260 g/mol. The zero-order chi connectivity index (χ0) is 13.8. The van der Waals surface area contributed by atoms with Crippen molar-refractivity contribution in [2.75, 3.05) is 21.3 Å². The molecule has 100 valence electrons. The fourth-order valence-corrected chi connectivity index (χ4v) is 2.15. The third-order valence-electron chi connectivity index (χ3n) is 2.20. The predicted octanol–water partition coefficient (Wildman–Crippen LogP) is 0.160. The zero-order valence-electron chi connectivity index (χ0n) is 10.2. The van der Waals surface area contributed by atoms with Crippen LogP contribution in [0, 0.1) is 0 Å². The van der Waals surface area contributed by atoms with Crippen LogP contribution in [0.25, 0.3) is 0 Å². The number of nitrogens with zero attached hydrogens (tertiary/aromatic N) is 1. The molecule has 0 bridgehead atoms. The van der Waals surface area contributed by atoms with Gasteiger partial charge in [0.05, 0.1) is 19.1 Å². The summed E-state index contributed by atoms with van der Waals surface area (Å²) in [5.74, 6) is -0.457. The van der Waals surface area contributed by atoms with E-state index in [9.17, 15) is 13.2 Å². The van der Waals surface area contributed by atoms with E-state index in [0.717, 1.165) is 4.47 Å². The third-order valence-corrected chi connectivity index (χ3v) is 3.90. The third kappa shape index (κ3) is 3.05. The van der Waals surface area contributed by atoms with Crippen LogP contribution in [0.4, 0.5) is 0 Å². The molecule has 0 fully saturated rings. The normalized spacial score (nSPS) is 11.6. The predicted molar refractivity (Wildman–Crippen MR) is 62.9 cm³/mol. The van der Waals surface area contributed by atoms with Crippen LogP contribution in [0.3, 0.4) is 0 Å². The molecule has 7 nitrogen and oxygen atoms in total. The molecule has 0 saturated carbocycles. The minimum absolute atomic E-state index is 0.0285. The fourth-order valence-electron chi connectivity index (χ4n) is 1.18. The molecule has 0 unspecified atom stereocenters. The number of carbonyl (C=O) groups excluding carboxylic acids is 1. The summed E-state index contributed by atoms with van der Waals surface area (Å²) in [5.41, 5.74) is 2.42. The van der Waals surface area contributed by atoms with Crippen LogP contribution in [-0.2, 0) is 19.7 Å². The van der Waals surface area contributed by atoms with Crippen LogP contribution in [0.1, 0.15) is 10.4 Å². The lowest BCUT2D eigenvalue weighted by atomic mass is 10.2. The number of rotatable bonds is 5. The average molecular weight is 274 g/mol. The van der Waals surface area contributed by atoms with E-state index in [1.807, 2.05) is 0 Å². The van der Waals surface area contributed by atoms with Gasteiger partial charge in [0.25, 0.3) is 15.9 Å². The standard InChI is InChI=1S/C10H14N2O5S/c1-12(17-3)18(14,15)9-6-4-8(5-7-9)10(13)11-16-2/h4-7H,1-3H3,(H,11,13). The monoisotopic (exact) mass is 274 g/mol. The van der Waals surface area contributed by atoms with E-state index < -0.39 is 15.9 Å². The molecule has 1 rings (SSSR count). The van der Waals surface area contributed by atoms with Crippen molar-refractivity contribution in [1.82, 2.24) is 9.95 Å². The summed E-state index contributed by atoms with van der Waals surface area (Å²) in [6.07, 6.45) is 0. The Morgan fingerprint density at radius 3 is 2.22 bits per heavy atom. The first-order valence-corrected chi connectivity index (χ1v) is 6.34. The molecule has 0 radical (unpaired) electrons. The lowest BCUT2D eigenvalue weighted by Gasteiger charge is -2.14. The Labute approximate surface area is 105 Å². The first-order chi connectivity index (χ1) is 8.43. The van der Waals surface area contributed by atoms with E-state index in [0.29, 0.717) is 0 Å². The van der Waals surface area contributed by atoms with Gasteiger partial charge in [0.15, 0.2) is 0 Å². The number of carbonyl (C=O) groups is 1. The topological polar surface area (TPSA) is 84.9 Å². The maximum absolute atomic E-state index is 11.8. The smallest absolute Gasteiger partial charge is 0.274 e. The highest BCUT2D eigenvalue weighted by molar-refractivity contribution is 7.89. The van der Waals surface area contributed by atoms with Crippen LogP contribution >= 0.6 is 0 Å². The van der Waals surface area contributed by atoms with Crippen LogP contribution < -0.4 is 5.48 Å². The second kappa shape index (κ2) is 5.91. The van der Waals surface area contributed by atoms with Crippen LogP contribution in [0.2, 0.25) is 0 Å². The molecule has 0 aliphatic heterocycles. The van der Waals surface area contributed by atoms with Gasteiger partial charge in [-0.05, 0) is 24.3 Å². The minimum Gasteiger partial charge on any atom is -0.288 e. The summed E-state index contributed by atoms with van der Waals surface area (Å²) in [7, 11) is 0.141. The number of benzene rings is 1. The molecule has 1 amide bonds. The van der Waals surface area contributed by atoms with Crippen molar-refractivity contribution in [1.29, 1.82) is 0 Å². The fraction of sp³-hybridized carbons (Fsp3) is 0.300. The molecule has 0 aliphatic rings. The molecule has 0 heterocycles. The molecule has 18 heavy (non-hydrogen) atoms. The highest BCUT2D eigenvalue weighted by Crippen LogP contribution is 2.15. The second-order valence-electron chi connectivity index (χ2n) is 3.26. The molecule has 0 saturated heterocycles. The maximum atomic E-state index is 11.8. The van der Waals surface area contributed by atoms with Crippen molar-refractivity contribution in [2.24, 2.45) is 0 Å². The summed E-state index contributed by atoms with van der Waals surface area (Å²) in [4.78, 5) is 20.5. The Morgan fingerprint density at radius 2 is 1.78 bits per heavy atom. The Kier molecular flexibility index (Phi) is 4.79. The Bertz CT molecular complexity index is 512. The van der Waals surface area contributed by atoms with Crippen molar-refractivity contribution in [3.63, 3.8) is 0 Å². The van der Waals surface area contributed by atoms with Gasteiger partial charge >= 0.3 is 0 Å². The van der Waals surface area contributed by atoms with E-state index in [2.05, 4.69) is 15.2 Å². The SMILES string of the molecule is CONC(=O)c1ccc(S(=O)(=O)N(C)OC)cc1. The first kappa shape index (κ1) is 14.6. The molecule has 1 aromatic rings.